The molecule has 1 aliphatic rings. The number of carbonyl (C=O) groups excluding carboxylic acids is 1. The van der Waals surface area contributed by atoms with Crippen molar-refractivity contribution in [3.8, 4) is 17.2 Å². The molecule has 1 aliphatic heterocycles. The van der Waals surface area contributed by atoms with E-state index in [1.54, 1.807) is 49.5 Å². The summed E-state index contributed by atoms with van der Waals surface area (Å²) in [6.07, 6.45) is 1.80. The minimum absolute atomic E-state index is 0.179. The highest BCUT2D eigenvalue weighted by Gasteiger charge is 2.33. The van der Waals surface area contributed by atoms with Crippen LogP contribution in [0.15, 0.2) is 101 Å². The number of aliphatic imine (C=N–C) groups is 1. The predicted molar refractivity (Wildman–Crippen MR) is 176 cm³/mol. The van der Waals surface area contributed by atoms with Gasteiger partial charge < -0.3 is 19.3 Å². The molecule has 1 saturated heterocycles. The van der Waals surface area contributed by atoms with Crippen LogP contribution in [0.1, 0.15) is 27.0 Å². The van der Waals surface area contributed by atoms with E-state index in [1.807, 2.05) is 54.6 Å². The third-order valence-corrected chi connectivity index (χ3v) is 8.25. The molecule has 1 fully saturated rings. The number of thioether (sulfide) groups is 1. The number of rotatable bonds is 10. The zero-order valence-electron chi connectivity index (χ0n) is 23.3. The van der Waals surface area contributed by atoms with Crippen LogP contribution in [-0.2, 0) is 17.9 Å². The van der Waals surface area contributed by atoms with E-state index >= 15 is 0 Å². The summed E-state index contributed by atoms with van der Waals surface area (Å²) in [4.78, 5) is 31.8. The summed E-state index contributed by atoms with van der Waals surface area (Å²) in [5.41, 5.74) is 3.44. The molecular weight excluding hydrogens is 679 g/mol. The van der Waals surface area contributed by atoms with Gasteiger partial charge in [0, 0.05) is 3.57 Å². The molecule has 0 saturated carbocycles. The Balaban J connectivity index is 1.41. The van der Waals surface area contributed by atoms with Gasteiger partial charge in [0.05, 0.1) is 36.9 Å². The number of halogens is 1. The Morgan fingerprint density at radius 2 is 1.60 bits per heavy atom. The summed E-state index contributed by atoms with van der Waals surface area (Å²) in [6, 6.07) is 27.3. The number of nitrogens with zero attached hydrogens (tertiary/aromatic N) is 2. The second-order valence-corrected chi connectivity index (χ2v) is 11.7. The molecule has 4 aromatic carbocycles. The Labute approximate surface area is 267 Å². The Hall–Kier alpha value is -4.29. The molecule has 1 N–H and O–H groups in total. The van der Waals surface area contributed by atoms with Gasteiger partial charge in [-0.15, -0.1) is 0 Å². The number of methoxy groups -OCH3 is 2. The molecule has 4 aromatic rings. The Morgan fingerprint density at radius 1 is 0.907 bits per heavy atom. The van der Waals surface area contributed by atoms with Crippen molar-refractivity contribution in [2.45, 2.75) is 13.2 Å². The summed E-state index contributed by atoms with van der Waals surface area (Å²) < 4.78 is 18.0. The van der Waals surface area contributed by atoms with Crippen molar-refractivity contribution in [3.05, 3.63) is 122 Å². The molecule has 0 bridgehead atoms. The third-order valence-electron chi connectivity index (χ3n) is 6.52. The van der Waals surface area contributed by atoms with Gasteiger partial charge in [-0.05, 0) is 118 Å². The molecule has 0 aliphatic carbocycles. The first-order valence-electron chi connectivity index (χ1n) is 13.1. The van der Waals surface area contributed by atoms with Gasteiger partial charge in [-0.2, -0.15) is 0 Å². The van der Waals surface area contributed by atoms with E-state index in [4.69, 9.17) is 19.2 Å². The maximum absolute atomic E-state index is 13.7. The van der Waals surface area contributed by atoms with Gasteiger partial charge >= 0.3 is 5.97 Å². The first-order valence-corrected chi connectivity index (χ1v) is 15.0. The summed E-state index contributed by atoms with van der Waals surface area (Å²) >= 11 is 3.53. The minimum atomic E-state index is -1.01. The maximum atomic E-state index is 13.7. The van der Waals surface area contributed by atoms with Gasteiger partial charge in [0.15, 0.2) is 16.7 Å². The molecule has 8 nitrogen and oxygen atoms in total. The molecule has 0 unspecified atom stereocenters. The topological polar surface area (TPSA) is 97.7 Å². The van der Waals surface area contributed by atoms with Crippen molar-refractivity contribution in [1.29, 1.82) is 0 Å². The van der Waals surface area contributed by atoms with Crippen LogP contribution in [0.5, 0.6) is 17.2 Å². The second kappa shape index (κ2) is 13.8. The van der Waals surface area contributed by atoms with Crippen LogP contribution in [0.25, 0.3) is 6.08 Å². The van der Waals surface area contributed by atoms with Crippen molar-refractivity contribution < 1.29 is 28.9 Å². The van der Waals surface area contributed by atoms with Crippen molar-refractivity contribution in [2.24, 2.45) is 4.99 Å². The third kappa shape index (κ3) is 7.57. The number of carbonyl (C=O) groups is 2. The Morgan fingerprint density at radius 3 is 2.26 bits per heavy atom. The van der Waals surface area contributed by atoms with E-state index in [0.717, 1.165) is 20.3 Å². The second-order valence-electron chi connectivity index (χ2n) is 9.42. The molecule has 0 aromatic heterocycles. The van der Waals surface area contributed by atoms with Gasteiger partial charge in [0.25, 0.3) is 5.91 Å². The number of amidine groups is 1. The van der Waals surface area contributed by atoms with Crippen molar-refractivity contribution in [3.63, 3.8) is 0 Å². The predicted octanol–water partition coefficient (Wildman–Crippen LogP) is 7.39. The summed E-state index contributed by atoms with van der Waals surface area (Å²) in [6.45, 7) is 0.627. The van der Waals surface area contributed by atoms with Crippen LogP contribution in [0.4, 0.5) is 5.69 Å². The quantitative estimate of drug-likeness (QED) is 0.136. The van der Waals surface area contributed by atoms with Gasteiger partial charge in [-0.3, -0.25) is 9.69 Å². The van der Waals surface area contributed by atoms with E-state index < -0.39 is 5.97 Å². The number of carboxylic acid groups (broad SMARTS) is 1. The van der Waals surface area contributed by atoms with E-state index in [2.05, 4.69) is 22.6 Å². The van der Waals surface area contributed by atoms with Crippen LogP contribution in [0.2, 0.25) is 0 Å². The molecule has 43 heavy (non-hydrogen) atoms. The van der Waals surface area contributed by atoms with Crippen LogP contribution in [-0.4, -0.2) is 41.3 Å². The van der Waals surface area contributed by atoms with Crippen molar-refractivity contribution in [1.82, 2.24) is 4.90 Å². The largest absolute Gasteiger partial charge is 0.497 e. The molecule has 1 amide bonds. The monoisotopic (exact) mass is 706 g/mol. The molecule has 0 atom stereocenters. The molecule has 10 heteroatoms. The highest BCUT2D eigenvalue weighted by molar-refractivity contribution is 14.1. The number of benzene rings is 4. The maximum Gasteiger partial charge on any atom is 0.335 e. The Bertz CT molecular complexity index is 1690. The number of ether oxygens (including phenoxy) is 3. The zero-order chi connectivity index (χ0) is 30.3. The number of amides is 1. The Kier molecular flexibility index (Phi) is 9.68. The normalized spacial score (nSPS) is 14.8. The highest BCUT2D eigenvalue weighted by Crippen LogP contribution is 2.37. The van der Waals surface area contributed by atoms with Gasteiger partial charge in [-0.25, -0.2) is 9.79 Å². The van der Waals surface area contributed by atoms with E-state index in [9.17, 15) is 14.7 Å². The summed E-state index contributed by atoms with van der Waals surface area (Å²) in [5, 5.41) is 9.75. The lowest BCUT2D eigenvalue weighted by Gasteiger charge is -2.16. The average molecular weight is 707 g/mol. The zero-order valence-corrected chi connectivity index (χ0v) is 26.3. The molecular formula is C33H27IN2O6S. The summed E-state index contributed by atoms with van der Waals surface area (Å²) in [7, 11) is 3.18. The SMILES string of the molecule is COc1ccc(N=C2S/C(=C\c3ccc(OCc4ccc(I)cc4)c(OC)c3)C(=O)N2Cc2ccc(C(=O)O)cc2)cc1. The smallest absolute Gasteiger partial charge is 0.335 e. The highest BCUT2D eigenvalue weighted by atomic mass is 127. The fourth-order valence-corrected chi connectivity index (χ4v) is 5.58. The first kappa shape index (κ1) is 30.2. The van der Waals surface area contributed by atoms with Crippen LogP contribution in [0, 0.1) is 3.57 Å². The molecule has 1 heterocycles. The van der Waals surface area contributed by atoms with Gasteiger partial charge in [0.2, 0.25) is 0 Å². The molecule has 5 rings (SSSR count). The van der Waals surface area contributed by atoms with Gasteiger partial charge in [0.1, 0.15) is 12.4 Å². The number of carboxylic acids is 1. The fourth-order valence-electron chi connectivity index (χ4n) is 4.22. The number of hydrogen-bond acceptors (Lipinski definition) is 7. The summed E-state index contributed by atoms with van der Waals surface area (Å²) in [5.74, 6) is 0.639. The van der Waals surface area contributed by atoms with Crippen LogP contribution >= 0.6 is 34.4 Å². The lowest BCUT2D eigenvalue weighted by molar-refractivity contribution is -0.122. The standard InChI is InChI=1S/C33H27IN2O6S/c1-40-27-14-12-26(13-15-27)35-33-36(19-21-3-8-24(9-4-21)32(38)39)31(37)30(43-33)18-23-7-16-28(29(17-23)41-2)42-20-22-5-10-25(34)11-6-22/h3-18H,19-20H2,1-2H3,(H,38,39)/b30-18-,35-33?. The molecule has 0 radical (unpaired) electrons. The average Bonchev–Trinajstić information content (AvgIpc) is 3.30. The number of aromatic carboxylic acids is 1. The minimum Gasteiger partial charge on any atom is -0.497 e. The number of hydrogen-bond donors (Lipinski definition) is 1. The van der Waals surface area contributed by atoms with Crippen LogP contribution in [0.3, 0.4) is 0 Å². The lowest BCUT2D eigenvalue weighted by Crippen LogP contribution is -2.28. The fraction of sp³-hybridized carbons (Fsp3) is 0.121. The molecule has 218 valence electrons. The van der Waals surface area contributed by atoms with Crippen molar-refractivity contribution >= 4 is 63.2 Å². The van der Waals surface area contributed by atoms with Crippen molar-refractivity contribution in [2.75, 3.05) is 14.2 Å². The van der Waals surface area contributed by atoms with E-state index in [-0.39, 0.29) is 18.0 Å². The molecule has 0 spiro atoms. The van der Waals surface area contributed by atoms with E-state index in [1.165, 1.54) is 23.9 Å². The lowest BCUT2D eigenvalue weighted by atomic mass is 10.1. The first-order chi connectivity index (χ1) is 20.8. The van der Waals surface area contributed by atoms with Gasteiger partial charge in [-0.1, -0.05) is 30.3 Å². The van der Waals surface area contributed by atoms with Crippen LogP contribution < -0.4 is 14.2 Å². The van der Waals surface area contributed by atoms with E-state index in [0.29, 0.717) is 39.6 Å².